The standard InChI is InChI=1S/C13H27NO2/c1-5-15-6-7-16-13-11(3)8-10(2)9-12(13)14-4/h10-14H,5-9H2,1-4H3. The van der Waals surface area contributed by atoms with Crippen molar-refractivity contribution < 1.29 is 9.47 Å². The summed E-state index contributed by atoms with van der Waals surface area (Å²) in [6.45, 7) is 8.85. The molecule has 1 aliphatic rings. The van der Waals surface area contributed by atoms with E-state index in [9.17, 15) is 0 Å². The van der Waals surface area contributed by atoms with Crippen molar-refractivity contribution in [1.82, 2.24) is 5.32 Å². The van der Waals surface area contributed by atoms with Gasteiger partial charge in [0.15, 0.2) is 0 Å². The second-order valence-corrected chi connectivity index (χ2v) is 4.98. The monoisotopic (exact) mass is 229 g/mol. The van der Waals surface area contributed by atoms with E-state index in [1.165, 1.54) is 12.8 Å². The maximum Gasteiger partial charge on any atom is 0.0754 e. The number of likely N-dealkylation sites (N-methyl/N-ethyl adjacent to an activating group) is 1. The van der Waals surface area contributed by atoms with Crippen molar-refractivity contribution in [1.29, 1.82) is 0 Å². The summed E-state index contributed by atoms with van der Waals surface area (Å²) >= 11 is 0. The van der Waals surface area contributed by atoms with Gasteiger partial charge in [-0.15, -0.1) is 0 Å². The number of rotatable bonds is 6. The van der Waals surface area contributed by atoms with Crippen LogP contribution in [0.4, 0.5) is 0 Å². The maximum atomic E-state index is 5.96. The Hall–Kier alpha value is -0.120. The Morgan fingerprint density at radius 2 is 1.94 bits per heavy atom. The van der Waals surface area contributed by atoms with Crippen molar-refractivity contribution in [3.05, 3.63) is 0 Å². The number of hydrogen-bond donors (Lipinski definition) is 1. The average Bonchev–Trinajstić information content (AvgIpc) is 2.26. The zero-order valence-electron chi connectivity index (χ0n) is 11.2. The minimum absolute atomic E-state index is 0.349. The van der Waals surface area contributed by atoms with Gasteiger partial charge in [0, 0.05) is 12.6 Å². The van der Waals surface area contributed by atoms with E-state index in [0.29, 0.717) is 24.7 Å². The van der Waals surface area contributed by atoms with E-state index in [1.54, 1.807) is 0 Å². The molecular formula is C13H27NO2. The molecule has 16 heavy (non-hydrogen) atoms. The summed E-state index contributed by atoms with van der Waals surface area (Å²) in [6.07, 6.45) is 2.85. The first kappa shape index (κ1) is 13.9. The second-order valence-electron chi connectivity index (χ2n) is 4.98. The summed E-state index contributed by atoms with van der Waals surface area (Å²) in [5, 5.41) is 3.39. The molecule has 0 aromatic carbocycles. The fraction of sp³-hybridized carbons (Fsp3) is 1.00. The first-order valence-electron chi connectivity index (χ1n) is 6.55. The zero-order chi connectivity index (χ0) is 12.0. The van der Waals surface area contributed by atoms with Crippen LogP contribution < -0.4 is 5.32 Å². The predicted octanol–water partition coefficient (Wildman–Crippen LogP) is 2.06. The zero-order valence-corrected chi connectivity index (χ0v) is 11.2. The van der Waals surface area contributed by atoms with Crippen LogP contribution in [0.15, 0.2) is 0 Å². The molecule has 0 spiro atoms. The fourth-order valence-electron chi connectivity index (χ4n) is 2.78. The lowest BCUT2D eigenvalue weighted by atomic mass is 9.78. The lowest BCUT2D eigenvalue weighted by molar-refractivity contribution is -0.0553. The summed E-state index contributed by atoms with van der Waals surface area (Å²) in [4.78, 5) is 0. The van der Waals surface area contributed by atoms with Gasteiger partial charge in [-0.2, -0.15) is 0 Å². The summed E-state index contributed by atoms with van der Waals surface area (Å²) in [7, 11) is 2.04. The predicted molar refractivity (Wildman–Crippen MR) is 66.6 cm³/mol. The topological polar surface area (TPSA) is 30.5 Å². The van der Waals surface area contributed by atoms with Crippen LogP contribution in [0.25, 0.3) is 0 Å². The highest BCUT2D eigenvalue weighted by atomic mass is 16.5. The Morgan fingerprint density at radius 1 is 1.19 bits per heavy atom. The maximum absolute atomic E-state index is 5.96. The smallest absolute Gasteiger partial charge is 0.0754 e. The van der Waals surface area contributed by atoms with E-state index in [-0.39, 0.29) is 0 Å². The van der Waals surface area contributed by atoms with Gasteiger partial charge >= 0.3 is 0 Å². The Balaban J connectivity index is 2.35. The number of hydrogen-bond acceptors (Lipinski definition) is 3. The first-order valence-corrected chi connectivity index (χ1v) is 6.55. The normalized spacial score (nSPS) is 35.2. The van der Waals surface area contributed by atoms with Crippen molar-refractivity contribution in [2.45, 2.75) is 45.8 Å². The van der Waals surface area contributed by atoms with E-state index in [1.807, 2.05) is 14.0 Å². The highest BCUT2D eigenvalue weighted by Gasteiger charge is 2.33. The molecule has 96 valence electrons. The molecule has 0 heterocycles. The van der Waals surface area contributed by atoms with Crippen molar-refractivity contribution in [2.75, 3.05) is 26.9 Å². The lowest BCUT2D eigenvalue weighted by Gasteiger charge is -2.39. The Kier molecular flexibility index (Phi) is 6.32. The second kappa shape index (κ2) is 7.25. The van der Waals surface area contributed by atoms with Gasteiger partial charge in [-0.3, -0.25) is 0 Å². The molecule has 0 aromatic rings. The lowest BCUT2D eigenvalue weighted by Crippen LogP contribution is -2.48. The van der Waals surface area contributed by atoms with Crippen LogP contribution in [0, 0.1) is 11.8 Å². The summed E-state index contributed by atoms with van der Waals surface area (Å²) in [5.74, 6) is 1.45. The third-order valence-corrected chi connectivity index (χ3v) is 3.50. The number of nitrogens with one attached hydrogen (secondary N) is 1. The molecule has 3 nitrogen and oxygen atoms in total. The molecule has 1 rings (SSSR count). The average molecular weight is 229 g/mol. The first-order chi connectivity index (χ1) is 7.69. The van der Waals surface area contributed by atoms with Crippen LogP contribution in [0.2, 0.25) is 0 Å². The van der Waals surface area contributed by atoms with Crippen LogP contribution in [0.5, 0.6) is 0 Å². The third-order valence-electron chi connectivity index (χ3n) is 3.50. The van der Waals surface area contributed by atoms with Crippen molar-refractivity contribution in [2.24, 2.45) is 11.8 Å². The molecule has 0 aliphatic heterocycles. The van der Waals surface area contributed by atoms with E-state index < -0.39 is 0 Å². The van der Waals surface area contributed by atoms with Gasteiger partial charge in [-0.25, -0.2) is 0 Å². The largest absolute Gasteiger partial charge is 0.379 e. The molecule has 3 heteroatoms. The molecule has 0 amide bonds. The van der Waals surface area contributed by atoms with E-state index >= 15 is 0 Å². The fourth-order valence-corrected chi connectivity index (χ4v) is 2.78. The molecule has 1 fully saturated rings. The van der Waals surface area contributed by atoms with Crippen molar-refractivity contribution in [3.63, 3.8) is 0 Å². The summed E-state index contributed by atoms with van der Waals surface area (Å²) in [5.41, 5.74) is 0. The van der Waals surface area contributed by atoms with Gasteiger partial charge in [0.2, 0.25) is 0 Å². The molecule has 4 unspecified atom stereocenters. The van der Waals surface area contributed by atoms with Gasteiger partial charge in [-0.1, -0.05) is 13.8 Å². The van der Waals surface area contributed by atoms with Crippen LogP contribution in [0.1, 0.15) is 33.6 Å². The van der Waals surface area contributed by atoms with Gasteiger partial charge in [0.05, 0.1) is 19.3 Å². The van der Waals surface area contributed by atoms with Crippen LogP contribution in [-0.4, -0.2) is 39.0 Å². The Bertz CT molecular complexity index is 187. The highest BCUT2D eigenvalue weighted by molar-refractivity contribution is 4.87. The van der Waals surface area contributed by atoms with Crippen molar-refractivity contribution in [3.8, 4) is 0 Å². The highest BCUT2D eigenvalue weighted by Crippen LogP contribution is 2.30. The van der Waals surface area contributed by atoms with Gasteiger partial charge < -0.3 is 14.8 Å². The minimum Gasteiger partial charge on any atom is -0.379 e. The molecule has 0 aromatic heterocycles. The molecule has 1 saturated carbocycles. The van der Waals surface area contributed by atoms with Gasteiger partial charge in [0.1, 0.15) is 0 Å². The van der Waals surface area contributed by atoms with Crippen molar-refractivity contribution >= 4 is 0 Å². The Morgan fingerprint density at radius 3 is 2.56 bits per heavy atom. The SMILES string of the molecule is CCOCCOC1C(C)CC(C)CC1NC. The summed E-state index contributed by atoms with van der Waals surface area (Å²) in [6, 6.07) is 0.500. The number of ether oxygens (including phenoxy) is 2. The third kappa shape index (κ3) is 4.04. The molecule has 1 aliphatic carbocycles. The van der Waals surface area contributed by atoms with E-state index in [0.717, 1.165) is 19.1 Å². The Labute approximate surface area is 99.9 Å². The molecular weight excluding hydrogens is 202 g/mol. The molecule has 4 atom stereocenters. The molecule has 0 bridgehead atoms. The molecule has 0 radical (unpaired) electrons. The van der Waals surface area contributed by atoms with E-state index in [2.05, 4.69) is 19.2 Å². The minimum atomic E-state index is 0.349. The van der Waals surface area contributed by atoms with Crippen LogP contribution >= 0.6 is 0 Å². The summed E-state index contributed by atoms with van der Waals surface area (Å²) < 4.78 is 11.3. The van der Waals surface area contributed by atoms with Gasteiger partial charge in [0.25, 0.3) is 0 Å². The molecule has 1 N–H and O–H groups in total. The van der Waals surface area contributed by atoms with Gasteiger partial charge in [-0.05, 0) is 38.6 Å². The van der Waals surface area contributed by atoms with Crippen LogP contribution in [0.3, 0.4) is 0 Å². The van der Waals surface area contributed by atoms with E-state index in [4.69, 9.17) is 9.47 Å². The van der Waals surface area contributed by atoms with Crippen LogP contribution in [-0.2, 0) is 9.47 Å². The molecule has 0 saturated heterocycles. The quantitative estimate of drug-likeness (QED) is 0.707.